The second-order valence-corrected chi connectivity index (χ2v) is 5.20. The third-order valence-electron chi connectivity index (χ3n) is 3.67. The van der Waals surface area contributed by atoms with Crippen molar-refractivity contribution in [1.82, 2.24) is 9.55 Å². The van der Waals surface area contributed by atoms with E-state index < -0.39 is 0 Å². The van der Waals surface area contributed by atoms with Gasteiger partial charge in [-0.05, 0) is 30.2 Å². The van der Waals surface area contributed by atoms with Crippen LogP contribution in [0.3, 0.4) is 0 Å². The van der Waals surface area contributed by atoms with Gasteiger partial charge in [0.2, 0.25) is 5.95 Å². The summed E-state index contributed by atoms with van der Waals surface area (Å²) in [7, 11) is 1.93. The first-order valence-electron chi connectivity index (χ1n) is 7.33. The first kappa shape index (κ1) is 14.8. The molecule has 5 heteroatoms. The number of fused-ring (bicyclic) bond motifs is 1. The van der Waals surface area contributed by atoms with Gasteiger partial charge in [-0.15, -0.1) is 6.58 Å². The van der Waals surface area contributed by atoms with Gasteiger partial charge in [0, 0.05) is 12.6 Å². The minimum Gasteiger partial charge on any atom is -0.507 e. The van der Waals surface area contributed by atoms with E-state index >= 15 is 0 Å². The standard InChI is InChI=1S/C18H18N4O/c1-3-7-13-8-6-9-14(17(13)23)12-19-21-18-20-15-10-4-5-11-16(15)22(18)2/h3-6,8-12,23H,1,7H2,2H3,(H,20,21)/b19-12+. The van der Waals surface area contributed by atoms with E-state index in [0.717, 1.165) is 16.6 Å². The predicted molar refractivity (Wildman–Crippen MR) is 93.9 cm³/mol. The molecule has 0 atom stereocenters. The maximum Gasteiger partial charge on any atom is 0.224 e. The number of aromatic hydroxyl groups is 1. The number of hydrazone groups is 1. The number of para-hydroxylation sites is 3. The molecule has 5 nitrogen and oxygen atoms in total. The predicted octanol–water partition coefficient (Wildman–Crippen LogP) is 3.45. The van der Waals surface area contributed by atoms with Crippen molar-refractivity contribution in [3.8, 4) is 5.75 Å². The van der Waals surface area contributed by atoms with E-state index in [0.29, 0.717) is 17.9 Å². The van der Waals surface area contributed by atoms with Crippen molar-refractivity contribution in [1.29, 1.82) is 0 Å². The minimum absolute atomic E-state index is 0.225. The highest BCUT2D eigenvalue weighted by Gasteiger charge is 2.06. The van der Waals surface area contributed by atoms with Gasteiger partial charge in [-0.2, -0.15) is 5.10 Å². The summed E-state index contributed by atoms with van der Waals surface area (Å²) < 4.78 is 1.93. The molecule has 2 aromatic carbocycles. The maximum absolute atomic E-state index is 10.2. The fourth-order valence-electron chi connectivity index (χ4n) is 2.44. The highest BCUT2D eigenvalue weighted by molar-refractivity contribution is 5.85. The molecular weight excluding hydrogens is 288 g/mol. The van der Waals surface area contributed by atoms with Crippen molar-refractivity contribution in [3.05, 3.63) is 66.2 Å². The van der Waals surface area contributed by atoms with E-state index in [2.05, 4.69) is 22.1 Å². The molecular formula is C18H18N4O. The van der Waals surface area contributed by atoms with Gasteiger partial charge in [0.1, 0.15) is 5.75 Å². The number of hydrogen-bond donors (Lipinski definition) is 2. The molecule has 0 amide bonds. The number of benzene rings is 2. The molecule has 0 saturated heterocycles. The Morgan fingerprint density at radius 2 is 2.09 bits per heavy atom. The number of hydrogen-bond acceptors (Lipinski definition) is 4. The lowest BCUT2D eigenvalue weighted by Crippen LogP contribution is -1.99. The number of phenolic OH excluding ortho intramolecular Hbond substituents is 1. The molecule has 3 rings (SSSR count). The fourth-order valence-corrected chi connectivity index (χ4v) is 2.44. The molecule has 0 aliphatic heterocycles. The number of anilines is 1. The van der Waals surface area contributed by atoms with E-state index in [-0.39, 0.29) is 5.75 Å². The van der Waals surface area contributed by atoms with Gasteiger partial charge < -0.3 is 9.67 Å². The second kappa shape index (κ2) is 6.36. The Hall–Kier alpha value is -3.08. The topological polar surface area (TPSA) is 62.4 Å². The van der Waals surface area contributed by atoms with Crippen LogP contribution in [-0.4, -0.2) is 20.9 Å². The van der Waals surface area contributed by atoms with Crippen molar-refractivity contribution < 1.29 is 5.11 Å². The summed E-state index contributed by atoms with van der Waals surface area (Å²) in [5.74, 6) is 0.868. The van der Waals surface area contributed by atoms with Gasteiger partial charge >= 0.3 is 0 Å². The van der Waals surface area contributed by atoms with Crippen molar-refractivity contribution in [2.75, 3.05) is 5.43 Å². The van der Waals surface area contributed by atoms with E-state index in [1.165, 1.54) is 0 Å². The quantitative estimate of drug-likeness (QED) is 0.431. The number of nitrogens with one attached hydrogen (secondary N) is 1. The first-order chi connectivity index (χ1) is 11.2. The third kappa shape index (κ3) is 2.94. The summed E-state index contributed by atoms with van der Waals surface area (Å²) in [6.45, 7) is 3.69. The summed E-state index contributed by atoms with van der Waals surface area (Å²) >= 11 is 0. The Labute approximate surface area is 134 Å². The SMILES string of the molecule is C=CCc1cccc(/C=N/Nc2nc3ccccc3n2C)c1O. The fraction of sp³-hybridized carbons (Fsp3) is 0.111. The summed E-state index contributed by atoms with van der Waals surface area (Å²) in [5.41, 5.74) is 6.33. The van der Waals surface area contributed by atoms with Gasteiger partial charge in [-0.1, -0.05) is 30.3 Å². The van der Waals surface area contributed by atoms with Crippen LogP contribution in [0, 0.1) is 0 Å². The Balaban J connectivity index is 1.82. The lowest BCUT2D eigenvalue weighted by atomic mass is 10.1. The Morgan fingerprint density at radius 3 is 2.87 bits per heavy atom. The molecule has 3 aromatic rings. The van der Waals surface area contributed by atoms with Gasteiger partial charge in [0.25, 0.3) is 0 Å². The smallest absolute Gasteiger partial charge is 0.224 e. The van der Waals surface area contributed by atoms with Crippen molar-refractivity contribution >= 4 is 23.2 Å². The molecule has 0 unspecified atom stereocenters. The van der Waals surface area contributed by atoms with Gasteiger partial charge in [-0.3, -0.25) is 0 Å². The van der Waals surface area contributed by atoms with Gasteiger partial charge in [-0.25, -0.2) is 10.4 Å². The molecule has 0 spiro atoms. The lowest BCUT2D eigenvalue weighted by molar-refractivity contribution is 0.469. The van der Waals surface area contributed by atoms with Crippen molar-refractivity contribution in [3.63, 3.8) is 0 Å². The molecule has 0 saturated carbocycles. The minimum atomic E-state index is 0.225. The van der Waals surface area contributed by atoms with Crippen molar-refractivity contribution in [2.24, 2.45) is 12.1 Å². The number of rotatable bonds is 5. The van der Waals surface area contributed by atoms with E-state index in [9.17, 15) is 5.11 Å². The van der Waals surface area contributed by atoms with Crippen LogP contribution in [0.25, 0.3) is 11.0 Å². The van der Waals surface area contributed by atoms with Crippen LogP contribution in [0.15, 0.2) is 60.2 Å². The molecule has 1 aromatic heterocycles. The number of aryl methyl sites for hydroxylation is 1. The molecule has 0 aliphatic rings. The summed E-state index contributed by atoms with van der Waals surface area (Å²) in [4.78, 5) is 4.48. The third-order valence-corrected chi connectivity index (χ3v) is 3.67. The Kier molecular flexibility index (Phi) is 4.10. The maximum atomic E-state index is 10.2. The molecule has 116 valence electrons. The zero-order valence-corrected chi connectivity index (χ0v) is 12.9. The highest BCUT2D eigenvalue weighted by atomic mass is 16.3. The van der Waals surface area contributed by atoms with Gasteiger partial charge in [0.15, 0.2) is 0 Å². The summed E-state index contributed by atoms with van der Waals surface area (Å²) in [6.07, 6.45) is 3.96. The number of allylic oxidation sites excluding steroid dienone is 1. The van der Waals surface area contributed by atoms with Crippen LogP contribution >= 0.6 is 0 Å². The number of phenols is 1. The van der Waals surface area contributed by atoms with E-state index in [4.69, 9.17) is 0 Å². The van der Waals surface area contributed by atoms with E-state index in [1.54, 1.807) is 12.3 Å². The largest absolute Gasteiger partial charge is 0.507 e. The molecule has 0 aliphatic carbocycles. The molecule has 23 heavy (non-hydrogen) atoms. The van der Waals surface area contributed by atoms with Gasteiger partial charge in [0.05, 0.1) is 17.2 Å². The van der Waals surface area contributed by atoms with Crippen LogP contribution < -0.4 is 5.43 Å². The Bertz CT molecular complexity index is 880. The number of nitrogens with zero attached hydrogens (tertiary/aromatic N) is 3. The molecule has 2 N–H and O–H groups in total. The zero-order valence-electron chi connectivity index (χ0n) is 12.9. The van der Waals surface area contributed by atoms with Crippen LogP contribution in [0.1, 0.15) is 11.1 Å². The Morgan fingerprint density at radius 1 is 1.26 bits per heavy atom. The van der Waals surface area contributed by atoms with Crippen LogP contribution in [0.4, 0.5) is 5.95 Å². The first-order valence-corrected chi connectivity index (χ1v) is 7.33. The lowest BCUT2D eigenvalue weighted by Gasteiger charge is -2.05. The normalized spacial score (nSPS) is 11.2. The molecule has 1 heterocycles. The highest BCUT2D eigenvalue weighted by Crippen LogP contribution is 2.22. The van der Waals surface area contributed by atoms with Crippen molar-refractivity contribution in [2.45, 2.75) is 6.42 Å². The average molecular weight is 306 g/mol. The summed E-state index contributed by atoms with van der Waals surface area (Å²) in [5, 5.41) is 14.4. The second-order valence-electron chi connectivity index (χ2n) is 5.20. The molecule has 0 fully saturated rings. The van der Waals surface area contributed by atoms with E-state index in [1.807, 2.05) is 54.1 Å². The number of aromatic nitrogens is 2. The summed E-state index contributed by atoms with van der Waals surface area (Å²) in [6, 6.07) is 13.4. The van der Waals surface area contributed by atoms with Crippen LogP contribution in [-0.2, 0) is 13.5 Å². The zero-order chi connectivity index (χ0) is 16.2. The average Bonchev–Trinajstić information content (AvgIpc) is 2.88. The van der Waals surface area contributed by atoms with Crippen LogP contribution in [0.2, 0.25) is 0 Å². The monoisotopic (exact) mass is 306 g/mol. The van der Waals surface area contributed by atoms with Crippen LogP contribution in [0.5, 0.6) is 5.75 Å². The molecule has 0 radical (unpaired) electrons. The molecule has 0 bridgehead atoms. The number of imidazole rings is 1.